The van der Waals surface area contributed by atoms with Gasteiger partial charge in [0.2, 0.25) is 0 Å². The fraction of sp³-hybridized carbons (Fsp3) is 0.294. The predicted molar refractivity (Wildman–Crippen MR) is 85.3 cm³/mol. The number of halogens is 1. The van der Waals surface area contributed by atoms with Gasteiger partial charge in [-0.05, 0) is 61.1 Å². The van der Waals surface area contributed by atoms with Gasteiger partial charge in [-0.15, -0.1) is 0 Å². The van der Waals surface area contributed by atoms with Crippen molar-refractivity contribution < 1.29 is 0 Å². The molecule has 0 aliphatic rings. The molecule has 1 nitrogen and oxygen atoms in total. The highest BCUT2D eigenvalue weighted by Gasteiger charge is 2.10. The lowest BCUT2D eigenvalue weighted by atomic mass is 9.91. The van der Waals surface area contributed by atoms with Gasteiger partial charge in [0, 0.05) is 4.47 Å². The molecule has 0 amide bonds. The molecule has 0 spiro atoms. The van der Waals surface area contributed by atoms with Gasteiger partial charge >= 0.3 is 0 Å². The smallest absolute Gasteiger partial charge is 0.0175 e. The van der Waals surface area contributed by atoms with Gasteiger partial charge in [0.25, 0.3) is 0 Å². The first-order valence-electron chi connectivity index (χ1n) is 6.68. The van der Waals surface area contributed by atoms with Crippen LogP contribution in [0.25, 0.3) is 0 Å². The number of hydrogen-bond acceptors (Lipinski definition) is 1. The second kappa shape index (κ2) is 6.88. The fourth-order valence-corrected chi connectivity index (χ4v) is 2.61. The summed E-state index contributed by atoms with van der Waals surface area (Å²) in [5, 5.41) is 0. The summed E-state index contributed by atoms with van der Waals surface area (Å²) in [4.78, 5) is 0. The van der Waals surface area contributed by atoms with Crippen molar-refractivity contribution in [1.82, 2.24) is 0 Å². The average molecular weight is 318 g/mol. The van der Waals surface area contributed by atoms with E-state index in [0.717, 1.165) is 23.9 Å². The van der Waals surface area contributed by atoms with Crippen molar-refractivity contribution in [2.24, 2.45) is 11.7 Å². The summed E-state index contributed by atoms with van der Waals surface area (Å²) in [6.07, 6.45) is 2.09. The number of rotatable bonds is 5. The molecular formula is C17H20BrN. The molecule has 1 unspecified atom stereocenters. The van der Waals surface area contributed by atoms with Gasteiger partial charge in [-0.25, -0.2) is 0 Å². The van der Waals surface area contributed by atoms with Crippen molar-refractivity contribution in [2.45, 2.75) is 19.8 Å². The van der Waals surface area contributed by atoms with Gasteiger partial charge in [-0.3, -0.25) is 0 Å². The molecule has 0 heterocycles. The monoisotopic (exact) mass is 317 g/mol. The molecule has 100 valence electrons. The van der Waals surface area contributed by atoms with Crippen molar-refractivity contribution in [2.75, 3.05) is 6.54 Å². The quantitative estimate of drug-likeness (QED) is 0.882. The van der Waals surface area contributed by atoms with Crippen LogP contribution >= 0.6 is 15.9 Å². The van der Waals surface area contributed by atoms with E-state index in [0.29, 0.717) is 5.92 Å². The van der Waals surface area contributed by atoms with E-state index >= 15 is 0 Å². The molecule has 0 aromatic heterocycles. The van der Waals surface area contributed by atoms with Crippen LogP contribution < -0.4 is 5.73 Å². The highest BCUT2D eigenvalue weighted by molar-refractivity contribution is 9.10. The van der Waals surface area contributed by atoms with Crippen LogP contribution in [0.15, 0.2) is 53.0 Å². The first-order chi connectivity index (χ1) is 9.19. The molecule has 2 heteroatoms. The summed E-state index contributed by atoms with van der Waals surface area (Å²) in [5.41, 5.74) is 10.1. The van der Waals surface area contributed by atoms with Gasteiger partial charge in [-0.1, -0.05) is 52.3 Å². The van der Waals surface area contributed by atoms with E-state index in [1.807, 2.05) is 0 Å². The topological polar surface area (TPSA) is 26.0 Å². The number of benzene rings is 2. The molecular weight excluding hydrogens is 298 g/mol. The Morgan fingerprint density at radius 2 is 1.68 bits per heavy atom. The zero-order valence-electron chi connectivity index (χ0n) is 11.3. The predicted octanol–water partition coefficient (Wildman–Crippen LogP) is 4.12. The van der Waals surface area contributed by atoms with Crippen molar-refractivity contribution in [3.05, 3.63) is 69.7 Å². The van der Waals surface area contributed by atoms with Crippen LogP contribution in [-0.2, 0) is 12.8 Å². The third-order valence-electron chi connectivity index (χ3n) is 3.54. The highest BCUT2D eigenvalue weighted by atomic mass is 79.9. The van der Waals surface area contributed by atoms with E-state index in [2.05, 4.69) is 71.4 Å². The molecule has 2 rings (SSSR count). The summed E-state index contributed by atoms with van der Waals surface area (Å²) in [6, 6.07) is 17.1. The molecule has 0 radical (unpaired) electrons. The normalized spacial score (nSPS) is 12.4. The molecule has 1 atom stereocenters. The van der Waals surface area contributed by atoms with Crippen molar-refractivity contribution in [3.8, 4) is 0 Å². The Morgan fingerprint density at radius 1 is 1.00 bits per heavy atom. The summed E-state index contributed by atoms with van der Waals surface area (Å²) < 4.78 is 1.12. The standard InChI is InChI=1S/C17H20BrN/c1-13-4-2-3-5-16(13)11-15(12-19)10-14-6-8-17(18)9-7-14/h2-9,15H,10-12,19H2,1H3. The maximum absolute atomic E-state index is 5.94. The Labute approximate surface area is 124 Å². The van der Waals surface area contributed by atoms with E-state index in [1.165, 1.54) is 16.7 Å². The SMILES string of the molecule is Cc1ccccc1CC(CN)Cc1ccc(Br)cc1. The second-order valence-corrected chi connectivity index (χ2v) is 5.98. The minimum Gasteiger partial charge on any atom is -0.330 e. The Hall–Kier alpha value is -1.12. The zero-order valence-corrected chi connectivity index (χ0v) is 12.9. The molecule has 0 saturated carbocycles. The fourth-order valence-electron chi connectivity index (χ4n) is 2.34. The van der Waals surface area contributed by atoms with E-state index < -0.39 is 0 Å². The summed E-state index contributed by atoms with van der Waals surface area (Å²) in [6.45, 7) is 2.90. The lowest BCUT2D eigenvalue weighted by molar-refractivity contribution is 0.532. The summed E-state index contributed by atoms with van der Waals surface area (Å²) in [5.74, 6) is 0.502. The highest BCUT2D eigenvalue weighted by Crippen LogP contribution is 2.18. The van der Waals surface area contributed by atoms with Crippen molar-refractivity contribution in [3.63, 3.8) is 0 Å². The third-order valence-corrected chi connectivity index (χ3v) is 4.07. The maximum atomic E-state index is 5.94. The Bertz CT molecular complexity index is 519. The van der Waals surface area contributed by atoms with Gasteiger partial charge < -0.3 is 5.73 Å². The van der Waals surface area contributed by atoms with E-state index in [4.69, 9.17) is 5.73 Å². The van der Waals surface area contributed by atoms with Crippen LogP contribution in [0.1, 0.15) is 16.7 Å². The van der Waals surface area contributed by atoms with Crippen LogP contribution in [0.2, 0.25) is 0 Å². The average Bonchev–Trinajstić information content (AvgIpc) is 2.43. The first-order valence-corrected chi connectivity index (χ1v) is 7.47. The minimum atomic E-state index is 0.502. The number of aryl methyl sites for hydroxylation is 1. The zero-order chi connectivity index (χ0) is 13.7. The molecule has 0 aliphatic heterocycles. The Balaban J connectivity index is 2.05. The van der Waals surface area contributed by atoms with Crippen molar-refractivity contribution >= 4 is 15.9 Å². The molecule has 2 aromatic rings. The largest absolute Gasteiger partial charge is 0.330 e. The Morgan fingerprint density at radius 3 is 2.32 bits per heavy atom. The summed E-state index contributed by atoms with van der Waals surface area (Å²) >= 11 is 3.47. The molecule has 0 saturated heterocycles. The summed E-state index contributed by atoms with van der Waals surface area (Å²) in [7, 11) is 0. The third kappa shape index (κ3) is 4.19. The Kier molecular flexibility index (Phi) is 5.17. The molecule has 0 fully saturated rings. The first kappa shape index (κ1) is 14.3. The second-order valence-electron chi connectivity index (χ2n) is 5.06. The van der Waals surface area contributed by atoms with Crippen LogP contribution in [0.4, 0.5) is 0 Å². The molecule has 0 aliphatic carbocycles. The van der Waals surface area contributed by atoms with Crippen LogP contribution in [-0.4, -0.2) is 6.54 Å². The van der Waals surface area contributed by atoms with Gasteiger partial charge in [0.1, 0.15) is 0 Å². The van der Waals surface area contributed by atoms with E-state index in [-0.39, 0.29) is 0 Å². The molecule has 2 N–H and O–H groups in total. The lowest BCUT2D eigenvalue weighted by Gasteiger charge is -2.16. The maximum Gasteiger partial charge on any atom is 0.0175 e. The number of hydrogen-bond donors (Lipinski definition) is 1. The van der Waals surface area contributed by atoms with Gasteiger partial charge in [0.15, 0.2) is 0 Å². The molecule has 19 heavy (non-hydrogen) atoms. The minimum absolute atomic E-state index is 0.502. The van der Waals surface area contributed by atoms with Crippen molar-refractivity contribution in [1.29, 1.82) is 0 Å². The molecule has 0 bridgehead atoms. The van der Waals surface area contributed by atoms with Crippen LogP contribution in [0.3, 0.4) is 0 Å². The lowest BCUT2D eigenvalue weighted by Crippen LogP contribution is -2.19. The molecule has 2 aromatic carbocycles. The van der Waals surface area contributed by atoms with E-state index in [1.54, 1.807) is 0 Å². The van der Waals surface area contributed by atoms with Crippen LogP contribution in [0, 0.1) is 12.8 Å². The number of nitrogens with two attached hydrogens (primary N) is 1. The van der Waals surface area contributed by atoms with Crippen LogP contribution in [0.5, 0.6) is 0 Å². The van der Waals surface area contributed by atoms with E-state index in [9.17, 15) is 0 Å². The van der Waals surface area contributed by atoms with Gasteiger partial charge in [-0.2, -0.15) is 0 Å². The van der Waals surface area contributed by atoms with Gasteiger partial charge in [0.05, 0.1) is 0 Å².